The molecule has 0 saturated carbocycles. The molecule has 0 aliphatic rings. The van der Waals surface area contributed by atoms with Gasteiger partial charge >= 0.3 is 13.5 Å². The van der Waals surface area contributed by atoms with Crippen molar-refractivity contribution in [1.29, 1.82) is 0 Å². The Kier molecular flexibility index (Phi) is 6.35. The van der Waals surface area contributed by atoms with Crippen molar-refractivity contribution in [2.45, 2.75) is 18.3 Å². The van der Waals surface area contributed by atoms with Crippen LogP contribution < -0.4 is 17.0 Å². The number of nitrogens with two attached hydrogens (primary N) is 1. The first-order valence-corrected chi connectivity index (χ1v) is 7.45. The molecule has 14 heteroatoms. The molecule has 0 radical (unpaired) electrons. The van der Waals surface area contributed by atoms with Crippen molar-refractivity contribution in [1.82, 2.24) is 9.97 Å². The fourth-order valence-electron chi connectivity index (χ4n) is 1.32. The lowest BCUT2D eigenvalue weighted by molar-refractivity contribution is -0.0532. The van der Waals surface area contributed by atoms with Gasteiger partial charge in [0.1, 0.15) is 24.0 Å². The van der Waals surface area contributed by atoms with Crippen LogP contribution in [0.5, 0.6) is 0 Å². The van der Waals surface area contributed by atoms with Crippen molar-refractivity contribution in [3.05, 3.63) is 20.8 Å². The van der Waals surface area contributed by atoms with Crippen molar-refractivity contribution in [2.75, 3.05) is 12.3 Å². The summed E-state index contributed by atoms with van der Waals surface area (Å²) in [5.41, 5.74) is 3.08. The summed E-state index contributed by atoms with van der Waals surface area (Å²) in [5, 5.41) is 28.5. The molecule has 9 N–H and O–H groups in total. The topological polar surface area (TPSA) is 232 Å². The molecule has 0 bridgehead atoms. The van der Waals surface area contributed by atoms with Gasteiger partial charge in [0.25, 0.3) is 5.56 Å². The number of aromatic nitrogens is 2. The number of anilines is 1. The molecule has 0 saturated heterocycles. The van der Waals surface area contributed by atoms with E-state index >= 15 is 0 Å². The van der Waals surface area contributed by atoms with E-state index in [0.717, 1.165) is 0 Å². The quantitative estimate of drug-likeness (QED) is 0.178. The van der Waals surface area contributed by atoms with E-state index in [1.807, 2.05) is 4.98 Å². The fraction of sp³-hybridized carbons (Fsp3) is 0.444. The normalized spacial score (nSPS) is 16.4. The lowest BCUT2D eigenvalue weighted by Crippen LogP contribution is -2.40. The minimum atomic E-state index is -4.85. The van der Waals surface area contributed by atoms with E-state index in [1.54, 1.807) is 0 Å². The molecule has 1 aromatic heterocycles. The van der Waals surface area contributed by atoms with Gasteiger partial charge in [-0.1, -0.05) is 0 Å². The summed E-state index contributed by atoms with van der Waals surface area (Å²) < 4.78 is 14.4. The van der Waals surface area contributed by atoms with Crippen LogP contribution in [-0.2, 0) is 9.09 Å². The fourth-order valence-corrected chi connectivity index (χ4v) is 1.67. The third-order valence-corrected chi connectivity index (χ3v) is 2.96. The number of aromatic amines is 2. The highest BCUT2D eigenvalue weighted by Gasteiger charge is 2.26. The van der Waals surface area contributed by atoms with Gasteiger partial charge in [-0.2, -0.15) is 0 Å². The second-order valence-electron chi connectivity index (χ2n) is 4.28. The van der Waals surface area contributed by atoms with E-state index in [2.05, 4.69) is 14.5 Å². The van der Waals surface area contributed by atoms with Crippen molar-refractivity contribution < 1.29 is 34.2 Å². The van der Waals surface area contributed by atoms with Crippen LogP contribution >= 0.6 is 7.82 Å². The van der Waals surface area contributed by atoms with Crippen molar-refractivity contribution in [2.24, 2.45) is 4.99 Å². The molecule has 13 nitrogen and oxygen atoms in total. The van der Waals surface area contributed by atoms with Crippen LogP contribution in [0.25, 0.3) is 0 Å². The highest BCUT2D eigenvalue weighted by molar-refractivity contribution is 7.46. The number of phosphoric ester groups is 1. The van der Waals surface area contributed by atoms with Crippen LogP contribution in [0.4, 0.5) is 11.5 Å². The first-order chi connectivity index (χ1) is 10.5. The minimum Gasteiger partial charge on any atom is -0.391 e. The van der Waals surface area contributed by atoms with Crippen LogP contribution in [-0.4, -0.2) is 66.2 Å². The van der Waals surface area contributed by atoms with E-state index < -0.39 is 49.7 Å². The molecule has 0 aliphatic heterocycles. The van der Waals surface area contributed by atoms with Crippen LogP contribution in [0.15, 0.2) is 14.6 Å². The first-order valence-electron chi connectivity index (χ1n) is 5.92. The minimum absolute atomic E-state index is 0.383. The maximum Gasteiger partial charge on any atom is 0.469 e. The Morgan fingerprint density at radius 3 is 2.43 bits per heavy atom. The van der Waals surface area contributed by atoms with Gasteiger partial charge in [-0.25, -0.2) is 14.4 Å². The predicted octanol–water partition coefficient (Wildman–Crippen LogP) is -3.46. The molecule has 0 spiro atoms. The van der Waals surface area contributed by atoms with Gasteiger partial charge in [-0.3, -0.25) is 19.3 Å². The smallest absolute Gasteiger partial charge is 0.391 e. The molecule has 1 rings (SSSR count). The lowest BCUT2D eigenvalue weighted by Gasteiger charge is -2.20. The summed E-state index contributed by atoms with van der Waals surface area (Å²) >= 11 is 0. The monoisotopic (exact) mass is 354 g/mol. The van der Waals surface area contributed by atoms with Crippen molar-refractivity contribution >= 4 is 25.5 Å². The van der Waals surface area contributed by atoms with Gasteiger partial charge in [-0.05, 0) is 0 Å². The molecular formula is C9H15N4O9P. The Morgan fingerprint density at radius 2 is 1.87 bits per heavy atom. The van der Waals surface area contributed by atoms with Crippen LogP contribution in [0.1, 0.15) is 0 Å². The van der Waals surface area contributed by atoms with E-state index in [4.69, 9.17) is 15.5 Å². The Bertz CT molecular complexity index is 722. The third-order valence-electron chi connectivity index (χ3n) is 2.47. The molecule has 0 amide bonds. The van der Waals surface area contributed by atoms with Gasteiger partial charge in [0.05, 0.1) is 6.61 Å². The molecule has 0 aliphatic carbocycles. The van der Waals surface area contributed by atoms with E-state index in [1.165, 1.54) is 0 Å². The SMILES string of the molecule is Nc1c(/N=C/[C@H](O)[C@H](O)[C@H](O)COP(=O)(O)O)[nH]c(=O)[nH]c1=O. The Balaban J connectivity index is 2.78. The molecule has 0 fully saturated rings. The van der Waals surface area contributed by atoms with Crippen LogP contribution in [0.2, 0.25) is 0 Å². The van der Waals surface area contributed by atoms with Gasteiger partial charge in [0.2, 0.25) is 0 Å². The summed E-state index contributed by atoms with van der Waals surface area (Å²) in [6.45, 7) is -0.958. The van der Waals surface area contributed by atoms with Crippen molar-refractivity contribution in [3.63, 3.8) is 0 Å². The molecule has 3 atom stereocenters. The number of H-pyrrole nitrogens is 2. The standard InChI is InChI=1S/C9H15N4O9P/c10-5-7(12-9(18)13-8(5)17)11-1-3(14)6(16)4(15)2-22-23(19,20)21/h1,3-4,6,14-16H,2,10H2,(H2,19,20,21)(H2,12,13,17,18)/b11-1+/t3-,4+,6-/m0/s1. The highest BCUT2D eigenvalue weighted by atomic mass is 31.2. The van der Waals surface area contributed by atoms with Crippen LogP contribution in [0.3, 0.4) is 0 Å². The maximum absolute atomic E-state index is 11.2. The second kappa shape index (κ2) is 7.61. The first kappa shape index (κ1) is 19.2. The van der Waals surface area contributed by atoms with Gasteiger partial charge < -0.3 is 30.8 Å². The van der Waals surface area contributed by atoms with E-state index in [-0.39, 0.29) is 5.82 Å². The molecule has 0 unspecified atom stereocenters. The average Bonchev–Trinajstić information content (AvgIpc) is 2.44. The van der Waals surface area contributed by atoms with E-state index in [9.17, 15) is 29.5 Å². The van der Waals surface area contributed by atoms with Gasteiger partial charge in [0.15, 0.2) is 5.82 Å². The number of hydrogen-bond donors (Lipinski definition) is 8. The van der Waals surface area contributed by atoms with Crippen molar-refractivity contribution in [3.8, 4) is 0 Å². The number of hydrogen-bond acceptors (Lipinski definition) is 9. The molecule has 23 heavy (non-hydrogen) atoms. The molecular weight excluding hydrogens is 339 g/mol. The number of aliphatic hydroxyl groups excluding tert-OH is 3. The highest BCUT2D eigenvalue weighted by Crippen LogP contribution is 2.35. The lowest BCUT2D eigenvalue weighted by atomic mass is 10.1. The number of nitrogens with one attached hydrogen (secondary N) is 2. The van der Waals surface area contributed by atoms with E-state index in [0.29, 0.717) is 6.21 Å². The average molecular weight is 354 g/mol. The number of nitrogen functional groups attached to an aromatic ring is 1. The number of phosphoric acid groups is 1. The Labute approximate surface area is 127 Å². The third kappa shape index (κ3) is 6.03. The second-order valence-corrected chi connectivity index (χ2v) is 5.52. The summed E-state index contributed by atoms with van der Waals surface area (Å²) in [6.07, 6.45) is -4.92. The Morgan fingerprint density at radius 1 is 1.26 bits per heavy atom. The number of aliphatic imine (C=N–C) groups is 1. The molecule has 0 aromatic carbocycles. The maximum atomic E-state index is 11.2. The summed E-state index contributed by atoms with van der Waals surface area (Å²) in [6, 6.07) is 0. The number of aliphatic hydroxyl groups is 3. The predicted molar refractivity (Wildman–Crippen MR) is 76.3 cm³/mol. The summed E-state index contributed by atoms with van der Waals surface area (Å²) in [5.74, 6) is -0.383. The largest absolute Gasteiger partial charge is 0.469 e. The van der Waals surface area contributed by atoms with Gasteiger partial charge in [0, 0.05) is 6.21 Å². The zero-order valence-electron chi connectivity index (χ0n) is 11.4. The summed E-state index contributed by atoms with van der Waals surface area (Å²) in [7, 11) is -4.85. The number of rotatable bonds is 7. The molecule has 1 aromatic rings. The Hall–Kier alpha value is -1.86. The molecule has 1 heterocycles. The zero-order valence-corrected chi connectivity index (χ0v) is 12.3. The summed E-state index contributed by atoms with van der Waals surface area (Å²) in [4.78, 5) is 46.6. The van der Waals surface area contributed by atoms with Gasteiger partial charge in [-0.15, -0.1) is 0 Å². The zero-order chi connectivity index (χ0) is 17.8. The number of nitrogens with zero attached hydrogens (tertiary/aromatic N) is 1. The van der Waals surface area contributed by atoms with Crippen LogP contribution in [0, 0.1) is 0 Å². The molecule has 130 valence electrons.